The molecule has 0 saturated carbocycles. The minimum Gasteiger partial charge on any atom is -0.460 e. The Hall–Kier alpha value is -1.62. The maximum Gasteiger partial charge on any atom is 0.340 e. The summed E-state index contributed by atoms with van der Waals surface area (Å²) in [5.41, 5.74) is 5.81. The Morgan fingerprint density at radius 1 is 1.33 bits per heavy atom. The van der Waals surface area contributed by atoms with Crippen molar-refractivity contribution in [3.63, 3.8) is 0 Å². The van der Waals surface area contributed by atoms with Crippen LogP contribution in [0.4, 0.5) is 10.1 Å². The zero-order valence-corrected chi connectivity index (χ0v) is 10.4. The number of ether oxygens (including phenoxy) is 2. The summed E-state index contributed by atoms with van der Waals surface area (Å²) in [5.74, 6) is -1.15. The lowest BCUT2D eigenvalue weighted by Crippen LogP contribution is -2.13. The average molecular weight is 255 g/mol. The number of benzene rings is 1. The van der Waals surface area contributed by atoms with Crippen LogP contribution < -0.4 is 5.73 Å². The lowest BCUT2D eigenvalue weighted by atomic mass is 10.2. The van der Waals surface area contributed by atoms with Crippen molar-refractivity contribution in [1.29, 1.82) is 0 Å². The van der Waals surface area contributed by atoms with Gasteiger partial charge in [-0.3, -0.25) is 0 Å². The van der Waals surface area contributed by atoms with Crippen LogP contribution in [0.25, 0.3) is 0 Å². The van der Waals surface area contributed by atoms with Gasteiger partial charge in [0, 0.05) is 12.3 Å². The van der Waals surface area contributed by atoms with E-state index in [0.29, 0.717) is 13.2 Å². The molecule has 4 nitrogen and oxygen atoms in total. The molecule has 0 radical (unpaired) electrons. The van der Waals surface area contributed by atoms with Crippen molar-refractivity contribution in [2.24, 2.45) is 0 Å². The highest BCUT2D eigenvalue weighted by atomic mass is 19.1. The Bertz CT molecular complexity index is 396. The number of rotatable bonds is 7. The van der Waals surface area contributed by atoms with Crippen molar-refractivity contribution in [3.05, 3.63) is 29.6 Å². The molecule has 0 aromatic heterocycles. The lowest BCUT2D eigenvalue weighted by molar-refractivity contribution is 0.0314. The highest BCUT2D eigenvalue weighted by molar-refractivity contribution is 5.95. The van der Waals surface area contributed by atoms with Crippen LogP contribution in [0.2, 0.25) is 0 Å². The van der Waals surface area contributed by atoms with Gasteiger partial charge in [0.25, 0.3) is 0 Å². The van der Waals surface area contributed by atoms with Crippen LogP contribution in [0.15, 0.2) is 18.2 Å². The number of carbonyl (C=O) groups is 1. The van der Waals surface area contributed by atoms with Gasteiger partial charge in [0.15, 0.2) is 0 Å². The number of esters is 1. The van der Waals surface area contributed by atoms with E-state index in [1.54, 1.807) is 0 Å². The number of nitrogen functional groups attached to an aromatic ring is 1. The largest absolute Gasteiger partial charge is 0.460 e. The van der Waals surface area contributed by atoms with Crippen LogP contribution in [0.5, 0.6) is 0 Å². The monoisotopic (exact) mass is 255 g/mol. The third-order valence-electron chi connectivity index (χ3n) is 2.34. The molecule has 0 saturated heterocycles. The van der Waals surface area contributed by atoms with Crippen LogP contribution >= 0.6 is 0 Å². The van der Waals surface area contributed by atoms with E-state index in [0.717, 1.165) is 18.9 Å². The van der Waals surface area contributed by atoms with E-state index in [2.05, 4.69) is 6.92 Å². The zero-order chi connectivity index (χ0) is 13.4. The normalized spacial score (nSPS) is 10.3. The van der Waals surface area contributed by atoms with Crippen LogP contribution in [-0.4, -0.2) is 25.8 Å². The molecule has 0 fully saturated rings. The van der Waals surface area contributed by atoms with Gasteiger partial charge >= 0.3 is 5.97 Å². The number of anilines is 1. The quantitative estimate of drug-likeness (QED) is 0.461. The second-order valence-electron chi connectivity index (χ2n) is 3.83. The molecule has 0 aliphatic heterocycles. The van der Waals surface area contributed by atoms with Gasteiger partial charge in [0.2, 0.25) is 0 Å². The maximum atomic E-state index is 12.9. The van der Waals surface area contributed by atoms with Crippen molar-refractivity contribution in [2.75, 3.05) is 25.6 Å². The summed E-state index contributed by atoms with van der Waals surface area (Å²) in [6, 6.07) is 3.60. The molecule has 5 heteroatoms. The Kier molecular flexibility index (Phi) is 6.14. The summed E-state index contributed by atoms with van der Waals surface area (Å²) < 4.78 is 23.1. The first kappa shape index (κ1) is 14.4. The van der Waals surface area contributed by atoms with E-state index in [4.69, 9.17) is 15.2 Å². The predicted molar refractivity (Wildman–Crippen MR) is 66.8 cm³/mol. The highest BCUT2D eigenvalue weighted by Crippen LogP contribution is 2.14. The second-order valence-corrected chi connectivity index (χ2v) is 3.83. The molecule has 0 amide bonds. The van der Waals surface area contributed by atoms with Crippen LogP contribution in [0, 0.1) is 5.82 Å². The Morgan fingerprint density at radius 3 is 2.83 bits per heavy atom. The summed E-state index contributed by atoms with van der Waals surface area (Å²) in [7, 11) is 0. The molecule has 0 aliphatic carbocycles. The summed E-state index contributed by atoms with van der Waals surface area (Å²) in [4.78, 5) is 11.6. The van der Waals surface area contributed by atoms with Gasteiger partial charge in [-0.25, -0.2) is 9.18 Å². The fraction of sp³-hybridized carbons (Fsp3) is 0.462. The standard InChI is InChI=1S/C13H18FNO3/c1-2-3-6-17-7-8-18-13(16)11-9-10(14)4-5-12(11)15/h4-5,9H,2-3,6-8,15H2,1H3. The van der Waals surface area contributed by atoms with Crippen LogP contribution in [-0.2, 0) is 9.47 Å². The molecule has 0 heterocycles. The zero-order valence-electron chi connectivity index (χ0n) is 10.4. The van der Waals surface area contributed by atoms with Gasteiger partial charge in [-0.05, 0) is 24.6 Å². The smallest absolute Gasteiger partial charge is 0.340 e. The van der Waals surface area contributed by atoms with E-state index in [1.165, 1.54) is 12.1 Å². The first-order valence-corrected chi connectivity index (χ1v) is 5.95. The van der Waals surface area contributed by atoms with Gasteiger partial charge in [-0.1, -0.05) is 13.3 Å². The van der Waals surface area contributed by atoms with E-state index in [9.17, 15) is 9.18 Å². The third kappa shape index (κ3) is 4.71. The average Bonchev–Trinajstić information content (AvgIpc) is 2.36. The molecule has 2 N–H and O–H groups in total. The molecule has 0 atom stereocenters. The van der Waals surface area contributed by atoms with Gasteiger partial charge < -0.3 is 15.2 Å². The molecule has 100 valence electrons. The van der Waals surface area contributed by atoms with Crippen LogP contribution in [0.1, 0.15) is 30.1 Å². The molecule has 1 aromatic rings. The van der Waals surface area contributed by atoms with Gasteiger partial charge in [0.05, 0.1) is 12.2 Å². The van der Waals surface area contributed by atoms with Crippen molar-refractivity contribution in [1.82, 2.24) is 0 Å². The molecular weight excluding hydrogens is 237 g/mol. The Morgan fingerprint density at radius 2 is 2.11 bits per heavy atom. The highest BCUT2D eigenvalue weighted by Gasteiger charge is 2.11. The van der Waals surface area contributed by atoms with E-state index in [-0.39, 0.29) is 17.9 Å². The Balaban J connectivity index is 2.34. The maximum absolute atomic E-state index is 12.9. The van der Waals surface area contributed by atoms with Crippen LogP contribution in [0.3, 0.4) is 0 Å². The molecular formula is C13H18FNO3. The summed E-state index contributed by atoms with van der Waals surface area (Å²) in [6.07, 6.45) is 2.03. The topological polar surface area (TPSA) is 61.5 Å². The van der Waals surface area contributed by atoms with E-state index >= 15 is 0 Å². The van der Waals surface area contributed by atoms with E-state index in [1.807, 2.05) is 0 Å². The van der Waals surface area contributed by atoms with Crippen molar-refractivity contribution >= 4 is 11.7 Å². The summed E-state index contributed by atoms with van der Waals surface area (Å²) >= 11 is 0. The predicted octanol–water partition coefficient (Wildman–Crippen LogP) is 2.38. The molecule has 0 spiro atoms. The molecule has 0 aliphatic rings. The SMILES string of the molecule is CCCCOCCOC(=O)c1cc(F)ccc1N. The minimum absolute atomic E-state index is 0.0450. The molecule has 0 bridgehead atoms. The molecule has 1 rings (SSSR count). The fourth-order valence-electron chi connectivity index (χ4n) is 1.32. The number of carbonyl (C=O) groups excluding carboxylic acids is 1. The second kappa shape index (κ2) is 7.66. The third-order valence-corrected chi connectivity index (χ3v) is 2.34. The lowest BCUT2D eigenvalue weighted by Gasteiger charge is -2.07. The van der Waals surface area contributed by atoms with Crippen molar-refractivity contribution in [3.8, 4) is 0 Å². The van der Waals surface area contributed by atoms with Gasteiger partial charge in [-0.2, -0.15) is 0 Å². The number of hydrogen-bond donors (Lipinski definition) is 1. The summed E-state index contributed by atoms with van der Waals surface area (Å²) in [6.45, 7) is 3.19. The fourth-order valence-corrected chi connectivity index (χ4v) is 1.32. The molecule has 0 unspecified atom stereocenters. The number of nitrogens with two attached hydrogens (primary N) is 1. The number of hydrogen-bond acceptors (Lipinski definition) is 4. The van der Waals surface area contributed by atoms with Crippen molar-refractivity contribution < 1.29 is 18.7 Å². The van der Waals surface area contributed by atoms with Crippen molar-refractivity contribution in [2.45, 2.75) is 19.8 Å². The minimum atomic E-state index is -0.633. The molecule has 18 heavy (non-hydrogen) atoms. The first-order chi connectivity index (χ1) is 8.65. The number of unbranched alkanes of at least 4 members (excludes halogenated alkanes) is 1. The molecule has 1 aromatic carbocycles. The van der Waals surface area contributed by atoms with E-state index < -0.39 is 11.8 Å². The van der Waals surface area contributed by atoms with Gasteiger partial charge in [0.1, 0.15) is 12.4 Å². The number of halogens is 1. The van der Waals surface area contributed by atoms with Gasteiger partial charge in [-0.15, -0.1) is 0 Å². The first-order valence-electron chi connectivity index (χ1n) is 5.95. The Labute approximate surface area is 106 Å². The summed E-state index contributed by atoms with van der Waals surface area (Å²) in [5, 5.41) is 0.